The quantitative estimate of drug-likeness (QED) is 0.857. The molecule has 2 fully saturated rings. The number of aryl methyl sites for hydroxylation is 1. The zero-order valence-corrected chi connectivity index (χ0v) is 15.2. The summed E-state index contributed by atoms with van der Waals surface area (Å²) in [7, 11) is -1.80. The van der Waals surface area contributed by atoms with Crippen molar-refractivity contribution in [3.8, 4) is 0 Å². The zero-order chi connectivity index (χ0) is 17.3. The molecule has 0 bridgehead atoms. The molecular formula is C16H26N4O3S. The Hall–Kier alpha value is -1.38. The fourth-order valence-electron chi connectivity index (χ4n) is 3.43. The number of aromatic nitrogens is 1. The van der Waals surface area contributed by atoms with Gasteiger partial charge in [0.05, 0.1) is 0 Å². The summed E-state index contributed by atoms with van der Waals surface area (Å²) in [5.41, 5.74) is 0.431. The van der Waals surface area contributed by atoms with Crippen molar-refractivity contribution in [1.82, 2.24) is 19.1 Å². The van der Waals surface area contributed by atoms with Gasteiger partial charge in [0.1, 0.15) is 10.6 Å². The number of sulfonamides is 1. The summed E-state index contributed by atoms with van der Waals surface area (Å²) >= 11 is 0. The van der Waals surface area contributed by atoms with Crippen LogP contribution in [0, 0.1) is 5.92 Å². The molecule has 1 aromatic rings. The molecule has 0 aliphatic carbocycles. The van der Waals surface area contributed by atoms with Crippen LogP contribution in [0.4, 0.5) is 0 Å². The number of nitrogens with one attached hydrogen (secondary N) is 1. The number of amides is 1. The predicted octanol–water partition coefficient (Wildman–Crippen LogP) is 0.491. The van der Waals surface area contributed by atoms with Crippen LogP contribution in [0.15, 0.2) is 17.2 Å². The summed E-state index contributed by atoms with van der Waals surface area (Å²) in [6.07, 6.45) is 3.51. The largest absolute Gasteiger partial charge is 0.345 e. The summed E-state index contributed by atoms with van der Waals surface area (Å²) in [5.74, 6) is 0.270. The van der Waals surface area contributed by atoms with Gasteiger partial charge in [-0.05, 0) is 24.8 Å². The first-order chi connectivity index (χ1) is 11.4. The molecule has 3 rings (SSSR count). The smallest absolute Gasteiger partial charge is 0.270 e. The van der Waals surface area contributed by atoms with Crippen molar-refractivity contribution in [2.75, 3.05) is 39.3 Å². The summed E-state index contributed by atoms with van der Waals surface area (Å²) in [6.45, 7) is 6.03. The lowest BCUT2D eigenvalue weighted by Gasteiger charge is -2.29. The van der Waals surface area contributed by atoms with E-state index >= 15 is 0 Å². The Bertz CT molecular complexity index is 707. The second-order valence-electron chi connectivity index (χ2n) is 6.82. The summed E-state index contributed by atoms with van der Waals surface area (Å²) in [5, 5.41) is 3.21. The molecule has 0 saturated carbocycles. The summed E-state index contributed by atoms with van der Waals surface area (Å²) in [4.78, 5) is 14.6. The third-order valence-corrected chi connectivity index (χ3v) is 6.69. The second-order valence-corrected chi connectivity index (χ2v) is 8.76. The highest BCUT2D eigenvalue weighted by Crippen LogP contribution is 2.25. The molecular weight excluding hydrogens is 328 g/mol. The van der Waals surface area contributed by atoms with Crippen molar-refractivity contribution < 1.29 is 13.2 Å². The molecule has 1 atom stereocenters. The van der Waals surface area contributed by atoms with E-state index in [9.17, 15) is 13.2 Å². The van der Waals surface area contributed by atoms with Crippen molar-refractivity contribution in [2.45, 2.75) is 24.7 Å². The predicted molar refractivity (Wildman–Crippen MR) is 91.3 cm³/mol. The minimum absolute atomic E-state index is 0.104. The topological polar surface area (TPSA) is 74.7 Å². The fraction of sp³-hybridized carbons (Fsp3) is 0.688. The number of nitrogens with zero attached hydrogens (tertiary/aromatic N) is 3. The molecule has 0 radical (unpaired) electrons. The molecule has 3 heterocycles. The maximum atomic E-state index is 12.9. The van der Waals surface area contributed by atoms with Crippen molar-refractivity contribution in [3.05, 3.63) is 18.0 Å². The van der Waals surface area contributed by atoms with Crippen LogP contribution >= 0.6 is 0 Å². The van der Waals surface area contributed by atoms with E-state index in [-0.39, 0.29) is 10.8 Å². The standard InChI is InChI=1S/C16H26N4O3S/c1-13-4-3-7-20(11-13)24(22,23)14-10-15(18(2)12-14)16(21)19-8-5-17-6-9-19/h10,12-13,17H,3-9,11H2,1-2H3. The second kappa shape index (κ2) is 6.85. The first-order valence-electron chi connectivity index (χ1n) is 8.56. The van der Waals surface area contributed by atoms with Gasteiger partial charge in [0.2, 0.25) is 10.0 Å². The van der Waals surface area contributed by atoms with Crippen molar-refractivity contribution in [2.24, 2.45) is 13.0 Å². The van der Waals surface area contributed by atoms with Gasteiger partial charge in [-0.15, -0.1) is 0 Å². The van der Waals surface area contributed by atoms with E-state index in [4.69, 9.17) is 0 Å². The molecule has 2 saturated heterocycles. The molecule has 2 aliphatic heterocycles. The molecule has 0 spiro atoms. The van der Waals surface area contributed by atoms with Gasteiger partial charge in [-0.1, -0.05) is 6.92 Å². The van der Waals surface area contributed by atoms with Crippen molar-refractivity contribution >= 4 is 15.9 Å². The van der Waals surface area contributed by atoms with Crippen LogP contribution < -0.4 is 5.32 Å². The summed E-state index contributed by atoms with van der Waals surface area (Å²) < 4.78 is 28.9. The Morgan fingerprint density at radius 1 is 1.25 bits per heavy atom. The van der Waals surface area contributed by atoms with Crippen LogP contribution in [0.2, 0.25) is 0 Å². The molecule has 1 amide bonds. The van der Waals surface area contributed by atoms with E-state index in [1.54, 1.807) is 27.0 Å². The minimum atomic E-state index is -3.53. The first kappa shape index (κ1) is 17.4. The number of piperidine rings is 1. The number of carbonyl (C=O) groups excluding carboxylic acids is 1. The monoisotopic (exact) mass is 354 g/mol. The number of piperazine rings is 1. The molecule has 0 aromatic carbocycles. The highest BCUT2D eigenvalue weighted by molar-refractivity contribution is 7.89. The Morgan fingerprint density at radius 3 is 2.62 bits per heavy atom. The van der Waals surface area contributed by atoms with Crippen LogP contribution in [0.5, 0.6) is 0 Å². The van der Waals surface area contributed by atoms with E-state index in [0.717, 1.165) is 25.9 Å². The first-order valence-corrected chi connectivity index (χ1v) is 10.00. The van der Waals surface area contributed by atoms with Gasteiger partial charge >= 0.3 is 0 Å². The Balaban J connectivity index is 1.83. The van der Waals surface area contributed by atoms with Gasteiger partial charge < -0.3 is 14.8 Å². The highest BCUT2D eigenvalue weighted by Gasteiger charge is 2.31. The lowest BCUT2D eigenvalue weighted by Crippen LogP contribution is -2.46. The fourth-order valence-corrected chi connectivity index (χ4v) is 5.10. The maximum absolute atomic E-state index is 12.9. The van der Waals surface area contributed by atoms with E-state index in [2.05, 4.69) is 12.2 Å². The van der Waals surface area contributed by atoms with Crippen molar-refractivity contribution in [1.29, 1.82) is 0 Å². The molecule has 8 heteroatoms. The number of rotatable bonds is 3. The Kier molecular flexibility index (Phi) is 4.98. The molecule has 7 nitrogen and oxygen atoms in total. The molecule has 1 N–H and O–H groups in total. The zero-order valence-electron chi connectivity index (χ0n) is 14.4. The van der Waals surface area contributed by atoms with E-state index in [1.807, 2.05) is 0 Å². The average Bonchev–Trinajstić information content (AvgIpc) is 2.97. The number of hydrogen-bond acceptors (Lipinski definition) is 4. The van der Waals surface area contributed by atoms with Crippen molar-refractivity contribution in [3.63, 3.8) is 0 Å². The Morgan fingerprint density at radius 2 is 1.96 bits per heavy atom. The lowest BCUT2D eigenvalue weighted by atomic mass is 10.0. The van der Waals surface area contributed by atoms with Gasteiger partial charge in [-0.3, -0.25) is 4.79 Å². The molecule has 24 heavy (non-hydrogen) atoms. The van der Waals surface area contributed by atoms with Gasteiger partial charge in [-0.25, -0.2) is 8.42 Å². The van der Waals surface area contributed by atoms with Gasteiger partial charge in [0.15, 0.2) is 0 Å². The molecule has 1 aromatic heterocycles. The third-order valence-electron chi connectivity index (χ3n) is 4.86. The number of hydrogen-bond donors (Lipinski definition) is 1. The van der Waals surface area contributed by atoms with Crippen LogP contribution in [-0.4, -0.2) is 67.4 Å². The maximum Gasteiger partial charge on any atom is 0.270 e. The molecule has 134 valence electrons. The van der Waals surface area contributed by atoms with Gasteiger partial charge in [0, 0.05) is 52.5 Å². The number of carbonyl (C=O) groups is 1. The molecule has 1 unspecified atom stereocenters. The van der Waals surface area contributed by atoms with Crippen LogP contribution in [0.25, 0.3) is 0 Å². The van der Waals surface area contributed by atoms with Gasteiger partial charge in [0.25, 0.3) is 5.91 Å². The average molecular weight is 354 g/mol. The SMILES string of the molecule is CC1CCCN(S(=O)(=O)c2cc(C(=O)N3CCNCC3)n(C)c2)C1. The summed E-state index contributed by atoms with van der Waals surface area (Å²) in [6, 6.07) is 1.53. The van der Waals surface area contributed by atoms with E-state index < -0.39 is 10.0 Å². The van der Waals surface area contributed by atoms with Crippen LogP contribution in [-0.2, 0) is 17.1 Å². The Labute approximate surface area is 143 Å². The van der Waals surface area contributed by atoms with E-state index in [0.29, 0.717) is 37.8 Å². The normalized spacial score (nSPS) is 23.4. The highest BCUT2D eigenvalue weighted by atomic mass is 32.2. The van der Waals surface area contributed by atoms with Crippen LogP contribution in [0.3, 0.4) is 0 Å². The van der Waals surface area contributed by atoms with E-state index in [1.165, 1.54) is 6.07 Å². The van der Waals surface area contributed by atoms with Gasteiger partial charge in [-0.2, -0.15) is 4.31 Å². The third kappa shape index (κ3) is 3.36. The minimum Gasteiger partial charge on any atom is -0.345 e. The lowest BCUT2D eigenvalue weighted by molar-refractivity contribution is 0.0726. The molecule has 2 aliphatic rings. The van der Waals surface area contributed by atoms with Crippen LogP contribution in [0.1, 0.15) is 30.3 Å².